The number of benzene rings is 1. The number of aromatic nitrogens is 2. The maximum atomic E-state index is 13.5. The van der Waals surface area contributed by atoms with E-state index in [-0.39, 0.29) is 17.9 Å². The van der Waals surface area contributed by atoms with Crippen molar-refractivity contribution in [3.63, 3.8) is 0 Å². The van der Waals surface area contributed by atoms with Gasteiger partial charge in [-0.25, -0.2) is 4.39 Å². The number of nitrogens with zero attached hydrogens (tertiary/aromatic N) is 2. The lowest BCUT2D eigenvalue weighted by Crippen LogP contribution is -2.33. The van der Waals surface area contributed by atoms with Crippen molar-refractivity contribution >= 4 is 23.5 Å². The van der Waals surface area contributed by atoms with Gasteiger partial charge in [0.05, 0.1) is 5.56 Å². The van der Waals surface area contributed by atoms with E-state index >= 15 is 0 Å². The lowest BCUT2D eigenvalue weighted by molar-refractivity contribution is -0.116. The Hall–Kier alpha value is -2.15. The van der Waals surface area contributed by atoms with Crippen LogP contribution in [0.5, 0.6) is 0 Å². The quantitative estimate of drug-likeness (QED) is 0.692. The Balaban J connectivity index is 2.20. The minimum atomic E-state index is -0.485. The number of hydrogen-bond acceptors (Lipinski definition) is 4. The maximum Gasteiger partial charge on any atom is 0.279 e. The van der Waals surface area contributed by atoms with Gasteiger partial charge in [0, 0.05) is 19.4 Å². The van der Waals surface area contributed by atoms with Gasteiger partial charge in [-0.2, -0.15) is 4.98 Å². The molecule has 1 N–H and O–H groups in total. The fourth-order valence-electron chi connectivity index (χ4n) is 2.80. The number of nitrogens with one attached hydrogen (secondary N) is 1. The third-order valence-electron chi connectivity index (χ3n) is 3.83. The number of carbonyl (C=O) groups is 1. The van der Waals surface area contributed by atoms with E-state index in [9.17, 15) is 14.0 Å². The van der Waals surface area contributed by atoms with Crippen molar-refractivity contribution in [2.75, 3.05) is 11.1 Å². The molecule has 0 fully saturated rings. The van der Waals surface area contributed by atoms with Gasteiger partial charge in [0.15, 0.2) is 5.16 Å². The van der Waals surface area contributed by atoms with Crippen LogP contribution in [0.15, 0.2) is 34.2 Å². The first-order valence-corrected chi connectivity index (χ1v) is 8.28. The molecule has 1 atom stereocenters. The summed E-state index contributed by atoms with van der Waals surface area (Å²) in [5.41, 5.74) is 0.650. The van der Waals surface area contributed by atoms with E-state index in [2.05, 4.69) is 10.3 Å². The monoisotopic (exact) mass is 333 g/mol. The van der Waals surface area contributed by atoms with E-state index in [4.69, 9.17) is 0 Å². The van der Waals surface area contributed by atoms with Gasteiger partial charge in [0.25, 0.3) is 5.56 Å². The molecular weight excluding hydrogens is 317 g/mol. The summed E-state index contributed by atoms with van der Waals surface area (Å²) in [4.78, 5) is 28.7. The Morgan fingerprint density at radius 1 is 1.43 bits per heavy atom. The SMILES string of the molecule is CCSc1nc(=O)c2c(n1C)NC(=O)C[C@H]2c1cccc(F)c1. The van der Waals surface area contributed by atoms with Crippen LogP contribution in [0, 0.1) is 5.82 Å². The van der Waals surface area contributed by atoms with Crippen LogP contribution in [0.4, 0.5) is 10.2 Å². The third-order valence-corrected chi connectivity index (χ3v) is 4.74. The average molecular weight is 333 g/mol. The van der Waals surface area contributed by atoms with Crippen LogP contribution in [0.1, 0.15) is 30.4 Å². The van der Waals surface area contributed by atoms with E-state index < -0.39 is 11.7 Å². The molecule has 23 heavy (non-hydrogen) atoms. The Morgan fingerprint density at radius 3 is 2.91 bits per heavy atom. The van der Waals surface area contributed by atoms with Crippen LogP contribution >= 0.6 is 11.8 Å². The average Bonchev–Trinajstić information content (AvgIpc) is 2.51. The van der Waals surface area contributed by atoms with Gasteiger partial charge in [-0.05, 0) is 23.4 Å². The molecule has 1 aromatic carbocycles. The topological polar surface area (TPSA) is 64.0 Å². The van der Waals surface area contributed by atoms with Crippen molar-refractivity contribution in [3.05, 3.63) is 51.6 Å². The highest BCUT2D eigenvalue weighted by atomic mass is 32.2. The second kappa shape index (κ2) is 6.16. The molecule has 1 aliphatic heterocycles. The van der Waals surface area contributed by atoms with Crippen LogP contribution in [-0.2, 0) is 11.8 Å². The number of halogens is 1. The molecule has 1 amide bonds. The Bertz CT molecular complexity index is 835. The lowest BCUT2D eigenvalue weighted by atomic mass is 9.87. The molecule has 2 heterocycles. The van der Waals surface area contributed by atoms with E-state index in [0.717, 1.165) is 5.75 Å². The highest BCUT2D eigenvalue weighted by Crippen LogP contribution is 2.35. The zero-order valence-corrected chi connectivity index (χ0v) is 13.6. The molecule has 5 nitrogen and oxygen atoms in total. The van der Waals surface area contributed by atoms with Gasteiger partial charge in [-0.15, -0.1) is 0 Å². The molecule has 3 rings (SSSR count). The number of rotatable bonds is 3. The Labute approximate surface area is 136 Å². The molecule has 1 aliphatic rings. The standard InChI is InChI=1S/C16H16FN3O2S/c1-3-23-16-19-15(22)13-11(9-5-4-6-10(17)7-9)8-12(21)18-14(13)20(16)2/h4-7,11H,3,8H2,1-2H3,(H,18,21)/t11-/m0/s1. The number of thioether (sulfide) groups is 1. The predicted octanol–water partition coefficient (Wildman–Crippen LogP) is 2.51. The molecule has 0 bridgehead atoms. The molecule has 2 aromatic rings. The number of hydrogen-bond donors (Lipinski definition) is 1. The summed E-state index contributed by atoms with van der Waals surface area (Å²) in [7, 11) is 1.76. The van der Waals surface area contributed by atoms with Gasteiger partial charge in [0.2, 0.25) is 5.91 Å². The van der Waals surface area contributed by atoms with Crippen molar-refractivity contribution in [2.24, 2.45) is 7.05 Å². The third kappa shape index (κ3) is 2.88. The molecule has 1 aromatic heterocycles. The van der Waals surface area contributed by atoms with Gasteiger partial charge in [-0.1, -0.05) is 30.8 Å². The molecule has 0 saturated heterocycles. The number of anilines is 1. The molecule has 0 aliphatic carbocycles. The molecule has 7 heteroatoms. The van der Waals surface area contributed by atoms with E-state index in [0.29, 0.717) is 22.1 Å². The summed E-state index contributed by atoms with van der Waals surface area (Å²) in [6.07, 6.45) is 0.105. The van der Waals surface area contributed by atoms with E-state index in [1.54, 1.807) is 23.7 Å². The fourth-order valence-corrected chi connectivity index (χ4v) is 3.49. The summed E-state index contributed by atoms with van der Waals surface area (Å²) in [5, 5.41) is 3.31. The summed E-state index contributed by atoms with van der Waals surface area (Å²) < 4.78 is 15.3. The maximum absolute atomic E-state index is 13.5. The second-order valence-corrected chi connectivity index (χ2v) is 6.54. The minimum absolute atomic E-state index is 0.105. The highest BCUT2D eigenvalue weighted by molar-refractivity contribution is 7.99. The zero-order chi connectivity index (χ0) is 16.6. The van der Waals surface area contributed by atoms with Crippen molar-refractivity contribution in [2.45, 2.75) is 24.4 Å². The highest BCUT2D eigenvalue weighted by Gasteiger charge is 2.32. The van der Waals surface area contributed by atoms with Crippen LogP contribution in [0.2, 0.25) is 0 Å². The van der Waals surface area contributed by atoms with Gasteiger partial charge in [0.1, 0.15) is 11.6 Å². The summed E-state index contributed by atoms with van der Waals surface area (Å²) >= 11 is 1.43. The molecular formula is C16H16FN3O2S. The zero-order valence-electron chi connectivity index (χ0n) is 12.8. The summed E-state index contributed by atoms with van der Waals surface area (Å²) in [6, 6.07) is 6.01. The van der Waals surface area contributed by atoms with Crippen LogP contribution in [0.3, 0.4) is 0 Å². The number of amides is 1. The molecule has 120 valence electrons. The number of fused-ring (bicyclic) bond motifs is 1. The normalized spacial score (nSPS) is 16.8. The lowest BCUT2D eigenvalue weighted by Gasteiger charge is -2.27. The van der Waals surface area contributed by atoms with E-state index in [1.807, 2.05) is 6.92 Å². The summed E-state index contributed by atoms with van der Waals surface area (Å²) in [5.74, 6) is 0.145. The van der Waals surface area contributed by atoms with Crippen LogP contribution in [-0.4, -0.2) is 21.2 Å². The summed E-state index contributed by atoms with van der Waals surface area (Å²) in [6.45, 7) is 1.96. The van der Waals surface area contributed by atoms with Crippen molar-refractivity contribution in [1.29, 1.82) is 0 Å². The molecule has 0 radical (unpaired) electrons. The van der Waals surface area contributed by atoms with Crippen molar-refractivity contribution in [3.8, 4) is 0 Å². The van der Waals surface area contributed by atoms with Crippen molar-refractivity contribution < 1.29 is 9.18 Å². The second-order valence-electron chi connectivity index (χ2n) is 5.31. The van der Waals surface area contributed by atoms with Crippen molar-refractivity contribution in [1.82, 2.24) is 9.55 Å². The molecule has 0 saturated carbocycles. The van der Waals surface area contributed by atoms with Gasteiger partial charge < -0.3 is 9.88 Å². The first kappa shape index (κ1) is 15.7. The first-order valence-electron chi connectivity index (χ1n) is 7.30. The smallest absolute Gasteiger partial charge is 0.279 e. The molecule has 0 spiro atoms. The Morgan fingerprint density at radius 2 is 2.22 bits per heavy atom. The van der Waals surface area contributed by atoms with Crippen LogP contribution in [0.25, 0.3) is 0 Å². The van der Waals surface area contributed by atoms with Gasteiger partial charge >= 0.3 is 0 Å². The largest absolute Gasteiger partial charge is 0.312 e. The predicted molar refractivity (Wildman–Crippen MR) is 87.4 cm³/mol. The Kier molecular flexibility index (Phi) is 4.21. The van der Waals surface area contributed by atoms with Crippen LogP contribution < -0.4 is 10.9 Å². The molecule has 0 unspecified atom stereocenters. The van der Waals surface area contributed by atoms with E-state index in [1.165, 1.54) is 23.9 Å². The first-order chi connectivity index (χ1) is 11.0. The minimum Gasteiger partial charge on any atom is -0.312 e. The number of carbonyl (C=O) groups excluding carboxylic acids is 1. The van der Waals surface area contributed by atoms with Gasteiger partial charge in [-0.3, -0.25) is 9.59 Å². The fraction of sp³-hybridized carbons (Fsp3) is 0.312.